The molecule has 0 radical (unpaired) electrons. The number of hydrogen-bond acceptors (Lipinski definition) is 8. The molecule has 2 aromatic rings. The number of aryl methyl sites for hydroxylation is 1. The molecule has 3 saturated carbocycles. The Balaban J connectivity index is 1.23. The predicted octanol–water partition coefficient (Wildman–Crippen LogP) is 6.09. The van der Waals surface area contributed by atoms with Gasteiger partial charge in [-0.3, -0.25) is 9.59 Å². The molecular formula is C37H49N3O6. The van der Waals surface area contributed by atoms with Gasteiger partial charge < -0.3 is 23.9 Å². The molecule has 9 nitrogen and oxygen atoms in total. The molecule has 3 heterocycles. The maximum Gasteiger partial charge on any atom is 0.306 e. The van der Waals surface area contributed by atoms with Crippen LogP contribution in [0.25, 0.3) is 11.0 Å². The summed E-state index contributed by atoms with van der Waals surface area (Å²) in [6, 6.07) is 5.03. The van der Waals surface area contributed by atoms with Gasteiger partial charge in [-0.25, -0.2) is 9.97 Å². The SMILES string of the molecule is COc1ccc2nc3c(nc2c1)O[C@H]1CN(C(=O)[C@H](C2(C)CCCCC2)CC(=O)O[C@@H]2CC4CC4[C@H]2CCCCC3)[C@H](C=O)[C@@H]1C. The summed E-state index contributed by atoms with van der Waals surface area (Å²) in [7, 11) is 1.63. The number of fused-ring (bicyclic) bond motifs is 7. The number of amides is 1. The molecule has 8 atom stereocenters. The first-order chi connectivity index (χ1) is 22.3. The summed E-state index contributed by atoms with van der Waals surface area (Å²) in [6.07, 6.45) is 12.5. The monoisotopic (exact) mass is 631 g/mol. The third-order valence-corrected chi connectivity index (χ3v) is 12.2. The zero-order chi connectivity index (χ0) is 32.0. The molecule has 7 rings (SSSR count). The highest BCUT2D eigenvalue weighted by molar-refractivity contribution is 5.87. The fraction of sp³-hybridized carbons (Fsp3) is 0.703. The molecule has 1 saturated heterocycles. The molecule has 0 spiro atoms. The van der Waals surface area contributed by atoms with Crippen LogP contribution in [0, 0.1) is 35.0 Å². The number of methoxy groups -OCH3 is 1. The number of benzene rings is 1. The Morgan fingerprint density at radius 2 is 1.76 bits per heavy atom. The van der Waals surface area contributed by atoms with Crippen LogP contribution in [0.2, 0.25) is 0 Å². The topological polar surface area (TPSA) is 108 Å². The molecule has 9 heteroatoms. The van der Waals surface area contributed by atoms with E-state index >= 15 is 0 Å². The van der Waals surface area contributed by atoms with Gasteiger partial charge in [0.15, 0.2) is 0 Å². The first-order valence-corrected chi connectivity index (χ1v) is 17.7. The van der Waals surface area contributed by atoms with Crippen LogP contribution >= 0.6 is 0 Å². The number of rotatable bonds is 3. The Bertz CT molecular complexity index is 1470. The van der Waals surface area contributed by atoms with E-state index in [1.165, 1.54) is 6.42 Å². The van der Waals surface area contributed by atoms with E-state index in [1.54, 1.807) is 12.0 Å². The smallest absolute Gasteiger partial charge is 0.306 e. The summed E-state index contributed by atoms with van der Waals surface area (Å²) >= 11 is 0. The van der Waals surface area contributed by atoms with E-state index < -0.39 is 18.1 Å². The minimum absolute atomic E-state index is 0.0488. The van der Waals surface area contributed by atoms with Gasteiger partial charge in [0.1, 0.15) is 29.9 Å². The number of nitrogens with zero attached hydrogens (tertiary/aromatic N) is 3. The number of hydrogen-bond donors (Lipinski definition) is 0. The predicted molar refractivity (Wildman–Crippen MR) is 172 cm³/mol. The van der Waals surface area contributed by atoms with E-state index in [9.17, 15) is 14.4 Å². The molecule has 3 aliphatic carbocycles. The summed E-state index contributed by atoms with van der Waals surface area (Å²) in [5, 5.41) is 0. The number of carbonyl (C=O) groups excluding carboxylic acids is 3. The van der Waals surface area contributed by atoms with Gasteiger partial charge in [0.2, 0.25) is 11.8 Å². The minimum atomic E-state index is -0.645. The van der Waals surface area contributed by atoms with Gasteiger partial charge in [0.05, 0.1) is 43.1 Å². The normalized spacial score (nSPS) is 34.7. The Morgan fingerprint density at radius 3 is 2.54 bits per heavy atom. The van der Waals surface area contributed by atoms with Gasteiger partial charge in [-0.05, 0) is 80.2 Å². The van der Waals surface area contributed by atoms with E-state index in [0.717, 1.165) is 88.1 Å². The minimum Gasteiger partial charge on any atom is -0.497 e. The van der Waals surface area contributed by atoms with Crippen LogP contribution < -0.4 is 9.47 Å². The Morgan fingerprint density at radius 1 is 0.957 bits per heavy atom. The van der Waals surface area contributed by atoms with Crippen molar-refractivity contribution in [3.63, 3.8) is 0 Å². The second-order valence-corrected chi connectivity index (χ2v) is 15.1. The summed E-state index contributed by atoms with van der Waals surface area (Å²) in [5.41, 5.74) is 1.95. The fourth-order valence-corrected chi connectivity index (χ4v) is 9.27. The molecular weight excluding hydrogens is 582 g/mol. The first-order valence-electron chi connectivity index (χ1n) is 17.7. The molecule has 0 N–H and O–H groups in total. The highest BCUT2D eigenvalue weighted by Gasteiger charge is 2.55. The molecule has 2 bridgehead atoms. The van der Waals surface area contributed by atoms with Crippen molar-refractivity contribution >= 4 is 29.2 Å². The van der Waals surface area contributed by atoms with Crippen molar-refractivity contribution in [2.24, 2.45) is 35.0 Å². The van der Waals surface area contributed by atoms with E-state index in [-0.39, 0.29) is 42.3 Å². The number of carbonyl (C=O) groups is 3. The van der Waals surface area contributed by atoms with Crippen molar-refractivity contribution in [2.75, 3.05) is 13.7 Å². The van der Waals surface area contributed by atoms with Gasteiger partial charge in [-0.1, -0.05) is 46.0 Å². The molecule has 2 aliphatic heterocycles. The maximum atomic E-state index is 14.6. The van der Waals surface area contributed by atoms with E-state index in [0.29, 0.717) is 34.9 Å². The molecule has 4 fully saturated rings. The molecule has 1 aromatic heterocycles. The lowest BCUT2D eigenvalue weighted by Crippen LogP contribution is -2.48. The molecule has 248 valence electrons. The number of aromatic nitrogens is 2. The lowest BCUT2D eigenvalue weighted by atomic mass is 9.65. The van der Waals surface area contributed by atoms with Gasteiger partial charge in [-0.2, -0.15) is 0 Å². The van der Waals surface area contributed by atoms with Crippen molar-refractivity contribution in [2.45, 2.75) is 116 Å². The summed E-state index contributed by atoms with van der Waals surface area (Å²) in [4.78, 5) is 52.5. The van der Waals surface area contributed by atoms with E-state index in [1.807, 2.05) is 25.1 Å². The van der Waals surface area contributed by atoms with Crippen LogP contribution in [0.1, 0.15) is 96.6 Å². The molecule has 1 aromatic carbocycles. The molecule has 2 unspecified atom stereocenters. The molecule has 46 heavy (non-hydrogen) atoms. The van der Waals surface area contributed by atoms with Crippen molar-refractivity contribution in [1.82, 2.24) is 14.9 Å². The van der Waals surface area contributed by atoms with Crippen molar-refractivity contribution < 1.29 is 28.6 Å². The summed E-state index contributed by atoms with van der Waals surface area (Å²) in [5.74, 6) is 1.73. The second-order valence-electron chi connectivity index (χ2n) is 15.1. The fourth-order valence-electron chi connectivity index (χ4n) is 9.27. The van der Waals surface area contributed by atoms with Crippen molar-refractivity contribution in [3.05, 3.63) is 23.9 Å². The van der Waals surface area contributed by atoms with E-state index in [2.05, 4.69) is 6.92 Å². The lowest BCUT2D eigenvalue weighted by molar-refractivity contribution is -0.159. The molecule has 1 amide bonds. The number of aldehydes is 1. The molecule has 5 aliphatic rings. The standard InChI is InChI=1S/C37H49N3O6/c1-22-31(21-41)40-20-33(22)46-35-29(38-28-13-12-24(44-3)18-30(28)39-35)11-7-4-6-10-25-26-16-23(26)17-32(25)45-34(42)19-27(36(40)43)37(2)14-8-5-9-15-37/h12-13,18,21-23,25-27,31-33H,4-11,14-17,19-20H2,1-3H3/t22-,23?,25+,26?,27+,31+,32+,33-/m0/s1. The Kier molecular flexibility index (Phi) is 8.70. The van der Waals surface area contributed by atoms with Crippen LogP contribution in [0.15, 0.2) is 18.2 Å². The second kappa shape index (κ2) is 12.8. The highest BCUT2D eigenvalue weighted by atomic mass is 16.5. The third kappa shape index (κ3) is 5.99. The average Bonchev–Trinajstić information content (AvgIpc) is 3.63. The highest BCUT2D eigenvalue weighted by Crippen LogP contribution is 2.58. The van der Waals surface area contributed by atoms with Crippen molar-refractivity contribution in [1.29, 1.82) is 0 Å². The van der Waals surface area contributed by atoms with Gasteiger partial charge >= 0.3 is 5.97 Å². The van der Waals surface area contributed by atoms with Crippen LogP contribution in [-0.2, 0) is 25.5 Å². The van der Waals surface area contributed by atoms with Crippen LogP contribution in [-0.4, -0.2) is 64.9 Å². The number of esters is 1. The van der Waals surface area contributed by atoms with Crippen LogP contribution in [0.3, 0.4) is 0 Å². The quantitative estimate of drug-likeness (QED) is 0.296. The third-order valence-electron chi connectivity index (χ3n) is 12.2. The maximum absolute atomic E-state index is 14.6. The van der Waals surface area contributed by atoms with E-state index in [4.69, 9.17) is 24.2 Å². The van der Waals surface area contributed by atoms with Crippen LogP contribution in [0.4, 0.5) is 0 Å². The number of ether oxygens (including phenoxy) is 3. The van der Waals surface area contributed by atoms with Gasteiger partial charge in [0.25, 0.3) is 0 Å². The lowest BCUT2D eigenvalue weighted by Gasteiger charge is -2.41. The zero-order valence-electron chi connectivity index (χ0n) is 27.6. The van der Waals surface area contributed by atoms with Gasteiger partial charge in [0, 0.05) is 12.0 Å². The first kappa shape index (κ1) is 31.4. The Labute approximate surface area is 272 Å². The van der Waals surface area contributed by atoms with Crippen molar-refractivity contribution in [3.8, 4) is 11.6 Å². The summed E-state index contributed by atoms with van der Waals surface area (Å²) < 4.78 is 18.4. The van der Waals surface area contributed by atoms with Gasteiger partial charge in [-0.15, -0.1) is 0 Å². The summed E-state index contributed by atoms with van der Waals surface area (Å²) in [6.45, 7) is 4.39. The van der Waals surface area contributed by atoms with Crippen LogP contribution in [0.5, 0.6) is 11.6 Å². The zero-order valence-corrected chi connectivity index (χ0v) is 27.6. The Hall–Kier alpha value is -3.23. The largest absolute Gasteiger partial charge is 0.497 e. The average molecular weight is 632 g/mol.